The first-order valence-electron chi connectivity index (χ1n) is 6.49. The Morgan fingerprint density at radius 2 is 2.33 bits per heavy atom. The fraction of sp³-hybridized carbons (Fsp3) is 0.583. The second kappa shape index (κ2) is 7.01. The molecule has 9 heteroatoms. The molecule has 0 spiro atoms. The first-order chi connectivity index (χ1) is 10.0. The highest BCUT2D eigenvalue weighted by Crippen LogP contribution is 2.26. The number of alkyl halides is 1. The van der Waals surface area contributed by atoms with E-state index < -0.39 is 29.7 Å². The third kappa shape index (κ3) is 4.02. The van der Waals surface area contributed by atoms with E-state index in [9.17, 15) is 19.5 Å². The van der Waals surface area contributed by atoms with Gasteiger partial charge in [-0.05, 0) is 0 Å². The number of nitrogens with one attached hydrogen (secondary N) is 2. The Morgan fingerprint density at radius 1 is 1.57 bits per heavy atom. The predicted octanol–water partition coefficient (Wildman–Crippen LogP) is -0.914. The molecule has 2 rings (SSSR count). The van der Waals surface area contributed by atoms with Crippen molar-refractivity contribution in [3.8, 4) is 0 Å². The van der Waals surface area contributed by atoms with Crippen molar-refractivity contribution in [3.05, 3.63) is 33.1 Å². The van der Waals surface area contributed by atoms with Gasteiger partial charge in [0.25, 0.3) is 5.56 Å². The molecule has 0 unspecified atom stereocenters. The SMILES string of the molecule is O=C(CCBr)NC[C@H]1O[C@@H](n2ccc(=O)[nH]c2=O)C[C@@H]1O. The lowest BCUT2D eigenvalue weighted by Gasteiger charge is -2.16. The van der Waals surface area contributed by atoms with Crippen LogP contribution in [0, 0.1) is 0 Å². The summed E-state index contributed by atoms with van der Waals surface area (Å²) in [5.74, 6) is -0.146. The van der Waals surface area contributed by atoms with Gasteiger partial charge in [-0.1, -0.05) is 15.9 Å². The summed E-state index contributed by atoms with van der Waals surface area (Å²) in [5, 5.41) is 13.1. The minimum atomic E-state index is -0.793. The molecule has 3 atom stereocenters. The van der Waals surface area contributed by atoms with Crippen LogP contribution in [-0.2, 0) is 9.53 Å². The van der Waals surface area contributed by atoms with Crippen molar-refractivity contribution < 1.29 is 14.6 Å². The molecule has 0 aromatic carbocycles. The van der Waals surface area contributed by atoms with E-state index in [-0.39, 0.29) is 18.9 Å². The van der Waals surface area contributed by atoms with E-state index in [1.807, 2.05) is 0 Å². The Labute approximate surface area is 128 Å². The van der Waals surface area contributed by atoms with E-state index in [1.165, 1.54) is 16.8 Å². The number of halogens is 1. The molecule has 0 bridgehead atoms. The number of aromatic amines is 1. The summed E-state index contributed by atoms with van der Waals surface area (Å²) in [6, 6.07) is 1.21. The van der Waals surface area contributed by atoms with Crippen LogP contribution in [0.5, 0.6) is 0 Å². The van der Waals surface area contributed by atoms with Crippen molar-refractivity contribution in [3.63, 3.8) is 0 Å². The monoisotopic (exact) mass is 361 g/mol. The molecule has 2 heterocycles. The largest absolute Gasteiger partial charge is 0.390 e. The summed E-state index contributed by atoms with van der Waals surface area (Å²) in [7, 11) is 0. The average molecular weight is 362 g/mol. The molecule has 1 fully saturated rings. The lowest BCUT2D eigenvalue weighted by atomic mass is 10.2. The van der Waals surface area contributed by atoms with Gasteiger partial charge >= 0.3 is 5.69 Å². The number of aliphatic hydroxyl groups is 1. The summed E-state index contributed by atoms with van der Waals surface area (Å²) in [6.07, 6.45) is -0.172. The van der Waals surface area contributed by atoms with Crippen molar-refractivity contribution in [2.45, 2.75) is 31.3 Å². The number of ether oxygens (including phenoxy) is 1. The summed E-state index contributed by atoms with van der Waals surface area (Å²) < 4.78 is 6.79. The molecule has 1 saturated heterocycles. The van der Waals surface area contributed by atoms with Crippen LogP contribution in [0.2, 0.25) is 0 Å². The number of aromatic nitrogens is 2. The third-order valence-electron chi connectivity index (χ3n) is 3.19. The fourth-order valence-corrected chi connectivity index (χ4v) is 2.47. The maximum absolute atomic E-state index is 11.7. The summed E-state index contributed by atoms with van der Waals surface area (Å²) in [6.45, 7) is 0.168. The predicted molar refractivity (Wildman–Crippen MR) is 77.3 cm³/mol. The Balaban J connectivity index is 1.99. The number of rotatable bonds is 5. The van der Waals surface area contributed by atoms with Crippen LogP contribution in [0.1, 0.15) is 19.1 Å². The van der Waals surface area contributed by atoms with Gasteiger partial charge in [-0.25, -0.2) is 4.79 Å². The third-order valence-corrected chi connectivity index (χ3v) is 3.58. The van der Waals surface area contributed by atoms with Gasteiger partial charge in [0.2, 0.25) is 5.91 Å². The van der Waals surface area contributed by atoms with Crippen molar-refractivity contribution in [1.82, 2.24) is 14.9 Å². The molecule has 116 valence electrons. The minimum Gasteiger partial charge on any atom is -0.390 e. The van der Waals surface area contributed by atoms with Crippen LogP contribution in [0.3, 0.4) is 0 Å². The van der Waals surface area contributed by atoms with E-state index in [1.54, 1.807) is 0 Å². The number of hydrogen-bond donors (Lipinski definition) is 3. The number of hydrogen-bond acceptors (Lipinski definition) is 5. The Hall–Kier alpha value is -1.45. The number of carbonyl (C=O) groups excluding carboxylic acids is 1. The van der Waals surface area contributed by atoms with E-state index in [0.29, 0.717) is 11.8 Å². The molecule has 1 aromatic heterocycles. The molecule has 21 heavy (non-hydrogen) atoms. The highest BCUT2D eigenvalue weighted by molar-refractivity contribution is 9.09. The van der Waals surface area contributed by atoms with Gasteiger partial charge < -0.3 is 15.2 Å². The van der Waals surface area contributed by atoms with Crippen LogP contribution in [0.25, 0.3) is 0 Å². The second-order valence-electron chi connectivity index (χ2n) is 4.69. The van der Waals surface area contributed by atoms with E-state index in [4.69, 9.17) is 4.74 Å². The first kappa shape index (κ1) is 15.9. The molecule has 0 radical (unpaired) electrons. The van der Waals surface area contributed by atoms with Gasteiger partial charge in [0.05, 0.1) is 6.10 Å². The topological polar surface area (TPSA) is 113 Å². The number of aliphatic hydroxyl groups excluding tert-OH is 1. The molecule has 1 amide bonds. The zero-order valence-electron chi connectivity index (χ0n) is 11.1. The molecule has 1 aliphatic rings. The van der Waals surface area contributed by atoms with Crippen molar-refractivity contribution in [2.75, 3.05) is 11.9 Å². The van der Waals surface area contributed by atoms with Crippen molar-refractivity contribution in [2.24, 2.45) is 0 Å². The lowest BCUT2D eigenvalue weighted by Crippen LogP contribution is -2.37. The molecular weight excluding hydrogens is 346 g/mol. The number of nitrogens with zero attached hydrogens (tertiary/aromatic N) is 1. The number of amides is 1. The van der Waals surface area contributed by atoms with Crippen molar-refractivity contribution >= 4 is 21.8 Å². The fourth-order valence-electron chi connectivity index (χ4n) is 2.11. The maximum Gasteiger partial charge on any atom is 0.330 e. The molecule has 1 aliphatic heterocycles. The van der Waals surface area contributed by atoms with Crippen LogP contribution in [0.4, 0.5) is 0 Å². The number of carbonyl (C=O) groups is 1. The van der Waals surface area contributed by atoms with Gasteiger partial charge in [0, 0.05) is 37.0 Å². The molecular formula is C12H16BrN3O5. The Morgan fingerprint density at radius 3 is 3.00 bits per heavy atom. The normalized spacial score (nSPS) is 25.0. The number of H-pyrrole nitrogens is 1. The second-order valence-corrected chi connectivity index (χ2v) is 5.49. The quantitative estimate of drug-likeness (QED) is 0.587. The standard InChI is InChI=1S/C12H16BrN3O5/c13-3-1-9(18)14-6-8-7(17)5-11(21-8)16-4-2-10(19)15-12(16)20/h2,4,7-8,11,17H,1,3,5-6H2,(H,14,18)(H,15,19,20)/t7-,8+,11+/m0/s1. The minimum absolute atomic E-state index is 0.146. The summed E-state index contributed by atoms with van der Waals surface area (Å²) in [5.41, 5.74) is -1.09. The smallest absolute Gasteiger partial charge is 0.330 e. The van der Waals surface area contributed by atoms with E-state index in [2.05, 4.69) is 26.2 Å². The average Bonchev–Trinajstić information content (AvgIpc) is 2.78. The molecule has 8 nitrogen and oxygen atoms in total. The van der Waals surface area contributed by atoms with Crippen LogP contribution >= 0.6 is 15.9 Å². The van der Waals surface area contributed by atoms with Crippen molar-refractivity contribution in [1.29, 1.82) is 0 Å². The highest BCUT2D eigenvalue weighted by atomic mass is 79.9. The van der Waals surface area contributed by atoms with Gasteiger partial charge in [-0.2, -0.15) is 0 Å². The Kier molecular flexibility index (Phi) is 5.32. The van der Waals surface area contributed by atoms with E-state index in [0.717, 1.165) is 0 Å². The highest BCUT2D eigenvalue weighted by Gasteiger charge is 2.35. The zero-order chi connectivity index (χ0) is 15.4. The lowest BCUT2D eigenvalue weighted by molar-refractivity contribution is -0.121. The molecule has 1 aromatic rings. The van der Waals surface area contributed by atoms with Gasteiger partial charge in [-0.3, -0.25) is 19.1 Å². The zero-order valence-corrected chi connectivity index (χ0v) is 12.7. The molecule has 0 aliphatic carbocycles. The van der Waals surface area contributed by atoms with Crippen LogP contribution in [0.15, 0.2) is 21.9 Å². The van der Waals surface area contributed by atoms with Gasteiger partial charge in [0.15, 0.2) is 0 Å². The van der Waals surface area contributed by atoms with Crippen LogP contribution < -0.4 is 16.6 Å². The Bertz CT molecular complexity index is 613. The summed E-state index contributed by atoms with van der Waals surface area (Å²) >= 11 is 3.16. The van der Waals surface area contributed by atoms with Crippen LogP contribution in [-0.4, -0.2) is 44.6 Å². The van der Waals surface area contributed by atoms with E-state index >= 15 is 0 Å². The summed E-state index contributed by atoms with van der Waals surface area (Å²) in [4.78, 5) is 36.2. The van der Waals surface area contributed by atoms with Gasteiger partial charge in [0.1, 0.15) is 12.3 Å². The first-order valence-corrected chi connectivity index (χ1v) is 7.61. The molecule has 3 N–H and O–H groups in total. The maximum atomic E-state index is 11.7. The molecule has 0 saturated carbocycles. The van der Waals surface area contributed by atoms with Gasteiger partial charge in [-0.15, -0.1) is 0 Å².